The van der Waals surface area contributed by atoms with Gasteiger partial charge < -0.3 is 9.64 Å². The first-order valence-electron chi connectivity index (χ1n) is 7.33. The first-order chi connectivity index (χ1) is 10.4. The molecule has 9 heteroatoms. The molecular formula is C14H21F3N2O4. The van der Waals surface area contributed by atoms with E-state index in [1.54, 1.807) is 0 Å². The lowest BCUT2D eigenvalue weighted by atomic mass is 9.96. The van der Waals surface area contributed by atoms with Crippen molar-refractivity contribution in [2.45, 2.75) is 58.9 Å². The molecule has 0 radical (unpaired) electrons. The summed E-state index contributed by atoms with van der Waals surface area (Å²) in [6.07, 6.45) is -5.01. The lowest BCUT2D eigenvalue weighted by Crippen LogP contribution is -2.52. The van der Waals surface area contributed by atoms with E-state index in [1.165, 1.54) is 34.6 Å². The van der Waals surface area contributed by atoms with Crippen LogP contribution in [-0.2, 0) is 14.3 Å². The molecule has 6 nitrogen and oxygen atoms in total. The number of amides is 3. The molecule has 1 aliphatic heterocycles. The predicted molar refractivity (Wildman–Crippen MR) is 74.3 cm³/mol. The number of hydrogen-bond acceptors (Lipinski definition) is 4. The van der Waals surface area contributed by atoms with E-state index in [2.05, 4.69) is 4.74 Å². The van der Waals surface area contributed by atoms with Gasteiger partial charge in [-0.15, -0.1) is 0 Å². The van der Waals surface area contributed by atoms with Crippen molar-refractivity contribution in [3.8, 4) is 0 Å². The fourth-order valence-corrected chi connectivity index (χ4v) is 2.59. The van der Waals surface area contributed by atoms with Gasteiger partial charge in [-0.25, -0.2) is 4.79 Å². The number of carbonyl (C=O) groups excluding carboxylic acids is 3. The molecule has 1 rings (SSSR count). The molecule has 23 heavy (non-hydrogen) atoms. The summed E-state index contributed by atoms with van der Waals surface area (Å²) in [6, 6.07) is -4.07. The predicted octanol–water partition coefficient (Wildman–Crippen LogP) is 2.18. The summed E-state index contributed by atoms with van der Waals surface area (Å²) in [5.41, 5.74) is 0. The fourth-order valence-electron chi connectivity index (χ4n) is 2.59. The van der Waals surface area contributed by atoms with Crippen LogP contribution in [-0.4, -0.2) is 58.6 Å². The van der Waals surface area contributed by atoms with E-state index in [0.717, 1.165) is 9.80 Å². The lowest BCUT2D eigenvalue weighted by Gasteiger charge is -2.31. The summed E-state index contributed by atoms with van der Waals surface area (Å²) in [6.45, 7) is 7.12. The number of nitrogens with zero attached hydrogens (tertiary/aromatic N) is 2. The van der Waals surface area contributed by atoms with Gasteiger partial charge in [0.05, 0.1) is 6.61 Å². The van der Waals surface area contributed by atoms with Crippen molar-refractivity contribution in [2.24, 2.45) is 5.92 Å². The van der Waals surface area contributed by atoms with Gasteiger partial charge in [0, 0.05) is 12.1 Å². The molecule has 1 saturated heterocycles. The van der Waals surface area contributed by atoms with Gasteiger partial charge in [0.15, 0.2) is 5.92 Å². The molecule has 0 aromatic rings. The minimum Gasteiger partial charge on any atom is -0.465 e. The Labute approximate surface area is 132 Å². The van der Waals surface area contributed by atoms with Gasteiger partial charge in [0.1, 0.15) is 6.04 Å². The average Bonchev–Trinajstić information content (AvgIpc) is 2.59. The van der Waals surface area contributed by atoms with Crippen LogP contribution in [0.3, 0.4) is 0 Å². The van der Waals surface area contributed by atoms with Crippen molar-refractivity contribution in [1.82, 2.24) is 9.80 Å². The molecule has 132 valence electrons. The zero-order valence-electron chi connectivity index (χ0n) is 13.7. The number of alkyl halides is 3. The van der Waals surface area contributed by atoms with Crippen LogP contribution in [0.4, 0.5) is 18.0 Å². The number of hydrogen-bond donors (Lipinski definition) is 0. The smallest absolute Gasteiger partial charge is 0.404 e. The molecule has 0 saturated carbocycles. The highest BCUT2D eigenvalue weighted by Crippen LogP contribution is 2.37. The van der Waals surface area contributed by atoms with E-state index >= 15 is 0 Å². The van der Waals surface area contributed by atoms with Crippen molar-refractivity contribution >= 4 is 17.9 Å². The van der Waals surface area contributed by atoms with Crippen LogP contribution in [0, 0.1) is 5.92 Å². The van der Waals surface area contributed by atoms with E-state index in [9.17, 15) is 27.6 Å². The Kier molecular flexibility index (Phi) is 5.65. The van der Waals surface area contributed by atoms with Crippen molar-refractivity contribution in [2.75, 3.05) is 6.61 Å². The Morgan fingerprint density at radius 2 is 1.70 bits per heavy atom. The van der Waals surface area contributed by atoms with Gasteiger partial charge in [0.25, 0.3) is 5.91 Å². The minimum absolute atomic E-state index is 0.254. The molecule has 2 atom stereocenters. The van der Waals surface area contributed by atoms with E-state index in [-0.39, 0.29) is 6.61 Å². The molecule has 1 fully saturated rings. The molecule has 0 aliphatic carbocycles. The van der Waals surface area contributed by atoms with Gasteiger partial charge in [-0.05, 0) is 34.6 Å². The number of halogens is 3. The topological polar surface area (TPSA) is 66.9 Å². The SMILES string of the molecule is CCOC(=O)[C@@H]([C@H]1C(=O)N(C(C)C)C(=O)N1C(C)C)C(F)(F)F. The van der Waals surface area contributed by atoms with Crippen LogP contribution in [0.1, 0.15) is 34.6 Å². The third kappa shape index (κ3) is 3.59. The fraction of sp³-hybridized carbons (Fsp3) is 0.786. The summed E-state index contributed by atoms with van der Waals surface area (Å²) < 4.78 is 44.7. The molecule has 0 aromatic carbocycles. The molecule has 1 heterocycles. The van der Waals surface area contributed by atoms with E-state index < -0.39 is 48.1 Å². The van der Waals surface area contributed by atoms with E-state index in [4.69, 9.17) is 0 Å². The highest BCUT2D eigenvalue weighted by atomic mass is 19.4. The van der Waals surface area contributed by atoms with Crippen LogP contribution in [0.5, 0.6) is 0 Å². The molecular weight excluding hydrogens is 317 g/mol. The number of esters is 1. The summed E-state index contributed by atoms with van der Waals surface area (Å²) >= 11 is 0. The molecule has 0 aromatic heterocycles. The van der Waals surface area contributed by atoms with Crippen LogP contribution in [0.25, 0.3) is 0 Å². The Morgan fingerprint density at radius 1 is 1.17 bits per heavy atom. The zero-order valence-corrected chi connectivity index (χ0v) is 13.7. The summed E-state index contributed by atoms with van der Waals surface area (Å²) in [7, 11) is 0. The average molecular weight is 338 g/mol. The van der Waals surface area contributed by atoms with Crippen LogP contribution in [0.15, 0.2) is 0 Å². The first-order valence-corrected chi connectivity index (χ1v) is 7.33. The Bertz CT molecular complexity index is 491. The second-order valence-corrected chi connectivity index (χ2v) is 5.80. The lowest BCUT2D eigenvalue weighted by molar-refractivity contribution is -0.207. The van der Waals surface area contributed by atoms with Crippen LogP contribution < -0.4 is 0 Å². The van der Waals surface area contributed by atoms with Crippen molar-refractivity contribution in [3.63, 3.8) is 0 Å². The first kappa shape index (κ1) is 19.2. The van der Waals surface area contributed by atoms with Crippen molar-refractivity contribution in [1.29, 1.82) is 0 Å². The standard InChI is InChI=1S/C14H21F3N2O4/c1-6-23-12(21)9(14(15,16)17)10-11(20)19(8(4)5)13(22)18(10)7(2)3/h7-10H,6H2,1-5H3/t9-,10+/m1/s1. The Morgan fingerprint density at radius 3 is 2.04 bits per heavy atom. The second-order valence-electron chi connectivity index (χ2n) is 5.80. The maximum absolute atomic E-state index is 13.4. The summed E-state index contributed by atoms with van der Waals surface area (Å²) in [5, 5.41) is 0. The van der Waals surface area contributed by atoms with Gasteiger partial charge in [-0.1, -0.05) is 0 Å². The van der Waals surface area contributed by atoms with Gasteiger partial charge in [-0.3, -0.25) is 14.5 Å². The molecule has 0 N–H and O–H groups in total. The molecule has 3 amide bonds. The second kappa shape index (κ2) is 6.76. The number of imide groups is 1. The molecule has 0 spiro atoms. The maximum atomic E-state index is 13.4. The highest BCUT2D eigenvalue weighted by molar-refractivity contribution is 6.06. The number of urea groups is 1. The van der Waals surface area contributed by atoms with Crippen molar-refractivity contribution in [3.05, 3.63) is 0 Å². The molecule has 1 aliphatic rings. The highest BCUT2D eigenvalue weighted by Gasteiger charge is 2.61. The monoisotopic (exact) mass is 338 g/mol. The van der Waals surface area contributed by atoms with Gasteiger partial charge in [0.2, 0.25) is 0 Å². The van der Waals surface area contributed by atoms with E-state index in [1.807, 2.05) is 0 Å². The normalized spacial score (nSPS) is 20.7. The van der Waals surface area contributed by atoms with Gasteiger partial charge >= 0.3 is 18.2 Å². The van der Waals surface area contributed by atoms with Crippen LogP contribution in [0.2, 0.25) is 0 Å². The minimum atomic E-state index is -5.01. The largest absolute Gasteiger partial charge is 0.465 e. The molecule has 0 unspecified atom stereocenters. The molecule has 0 bridgehead atoms. The number of rotatable bonds is 5. The maximum Gasteiger partial charge on any atom is 0.404 e. The summed E-state index contributed by atoms with van der Waals surface area (Å²) in [4.78, 5) is 38.1. The number of carbonyl (C=O) groups is 3. The Balaban J connectivity index is 3.39. The van der Waals surface area contributed by atoms with E-state index in [0.29, 0.717) is 0 Å². The zero-order chi connectivity index (χ0) is 18.1. The Hall–Kier alpha value is -1.80. The third-order valence-electron chi connectivity index (χ3n) is 3.50. The quantitative estimate of drug-likeness (QED) is 0.569. The van der Waals surface area contributed by atoms with Crippen LogP contribution >= 0.6 is 0 Å². The number of ether oxygens (including phenoxy) is 1. The summed E-state index contributed by atoms with van der Waals surface area (Å²) in [5.74, 6) is -5.29. The van der Waals surface area contributed by atoms with Gasteiger partial charge in [-0.2, -0.15) is 13.2 Å². The van der Waals surface area contributed by atoms with Crippen molar-refractivity contribution < 1.29 is 32.3 Å². The third-order valence-corrected chi connectivity index (χ3v) is 3.50.